The summed E-state index contributed by atoms with van der Waals surface area (Å²) in [5, 5.41) is 7.60. The fourth-order valence-electron chi connectivity index (χ4n) is 0. The Morgan fingerprint density at radius 1 is 1.00 bits per heavy atom. The molecule has 10 nitrogen and oxygen atoms in total. The van der Waals surface area contributed by atoms with E-state index in [4.69, 9.17) is 43.6 Å². The minimum absolute atomic E-state index is 0. The number of rotatable bonds is 1. The van der Waals surface area contributed by atoms with Crippen LogP contribution in [0.4, 0.5) is 0 Å². The van der Waals surface area contributed by atoms with Crippen molar-refractivity contribution in [2.45, 2.75) is 0 Å². The van der Waals surface area contributed by atoms with Crippen LogP contribution < -0.4 is 29.6 Å². The Bertz CT molecular complexity index is 245. The normalized spacial score (nSPS) is 9.38. The minimum Gasteiger partial charge on any atom is -1.00 e. The molecule has 0 saturated carbocycles. The van der Waals surface area contributed by atoms with Gasteiger partial charge in [0.25, 0.3) is 0 Å². The van der Waals surface area contributed by atoms with Gasteiger partial charge in [0.1, 0.15) is 0 Å². The Kier molecular flexibility index (Phi) is 18.8. The molecule has 94 valence electrons. The van der Waals surface area contributed by atoms with Crippen molar-refractivity contribution in [2.24, 2.45) is 0 Å². The Morgan fingerprint density at radius 3 is 1.06 bits per heavy atom. The molecule has 0 radical (unpaired) electrons. The zero-order valence-electron chi connectivity index (χ0n) is 9.03. The molecule has 0 fully saturated rings. The first-order valence-electron chi connectivity index (χ1n) is 2.69. The third-order valence-electron chi connectivity index (χ3n) is 0.175. The van der Waals surface area contributed by atoms with E-state index in [9.17, 15) is 4.79 Å². The fraction of sp³-hybridized carbons (Fsp3) is 0. The monoisotopic (exact) mass is 292 g/mol. The maximum atomic E-state index is 9.25. The molecule has 0 aliphatic heterocycles. The quantitative estimate of drug-likeness (QED) is 0.141. The second-order valence-electron chi connectivity index (χ2n) is 1.57. The van der Waals surface area contributed by atoms with Gasteiger partial charge < -0.3 is 35.9 Å². The van der Waals surface area contributed by atoms with E-state index in [1.807, 2.05) is 0 Å². The molecule has 0 aromatic carbocycles. The number of hydrogen-bond acceptors (Lipinski definition) is 3. The van der Waals surface area contributed by atoms with E-state index >= 15 is 0 Å². The van der Waals surface area contributed by atoms with Gasteiger partial charge in [-0.25, -0.2) is 13.9 Å². The van der Waals surface area contributed by atoms with E-state index in [-0.39, 0.29) is 31.0 Å². The maximum absolute atomic E-state index is 9.25. The van der Waals surface area contributed by atoms with Crippen molar-refractivity contribution in [1.29, 1.82) is 0 Å². The maximum Gasteiger partial charge on any atom is 1.00 e. The molecule has 0 aliphatic carbocycles. The first kappa shape index (κ1) is 25.3. The van der Waals surface area contributed by atoms with Crippen LogP contribution in [0.5, 0.6) is 0 Å². The van der Waals surface area contributed by atoms with Gasteiger partial charge in [-0.1, -0.05) is 6.58 Å². The standard InChI is InChI=1S/C3H4O2.Na.2H3O4P.H/c1-2-3(4)5;;2*1-5(2,3)4;/h2H,1H2,(H,4,5);;2*(H3,1,2,3,4);/q;+1;;;-1. The van der Waals surface area contributed by atoms with Crippen LogP contribution >= 0.6 is 15.6 Å². The van der Waals surface area contributed by atoms with Crippen LogP contribution in [0.3, 0.4) is 0 Å². The first-order chi connectivity index (χ1) is 6.27. The zero-order valence-corrected chi connectivity index (χ0v) is 11.8. The fourth-order valence-corrected chi connectivity index (χ4v) is 0. The Morgan fingerprint density at radius 2 is 1.06 bits per heavy atom. The number of carboxylic acid groups (broad SMARTS) is 1. The van der Waals surface area contributed by atoms with Gasteiger partial charge in [0, 0.05) is 6.08 Å². The van der Waals surface area contributed by atoms with Crippen LogP contribution in [-0.2, 0) is 13.9 Å². The van der Waals surface area contributed by atoms with Crippen molar-refractivity contribution in [3.05, 3.63) is 12.7 Å². The van der Waals surface area contributed by atoms with E-state index in [0.717, 1.165) is 6.08 Å². The zero-order chi connectivity index (χ0) is 13.3. The molecule has 0 bridgehead atoms. The minimum atomic E-state index is -4.64. The second-order valence-corrected chi connectivity index (χ2v) is 3.62. The van der Waals surface area contributed by atoms with E-state index in [1.165, 1.54) is 0 Å². The van der Waals surface area contributed by atoms with Crippen molar-refractivity contribution in [3.8, 4) is 0 Å². The molecule has 0 heterocycles. The summed E-state index contributed by atoms with van der Waals surface area (Å²) in [5.41, 5.74) is 0. The summed E-state index contributed by atoms with van der Waals surface area (Å²) < 4.78 is 17.8. The summed E-state index contributed by atoms with van der Waals surface area (Å²) in [6.45, 7) is 2.96. The van der Waals surface area contributed by atoms with Gasteiger partial charge in [-0.3, -0.25) is 0 Å². The second kappa shape index (κ2) is 11.9. The smallest absolute Gasteiger partial charge is 1.00 e. The number of carbonyl (C=O) groups is 1. The SMILES string of the molecule is C=CC(=O)O.O=P(O)(O)O.O=P(O)(O)O.[H-].[Na+]. The van der Waals surface area contributed by atoms with Crippen molar-refractivity contribution in [3.63, 3.8) is 0 Å². The Labute approximate surface area is 114 Å². The van der Waals surface area contributed by atoms with Gasteiger partial charge in [-0.2, -0.15) is 0 Å². The number of phosphoric acid groups is 2. The van der Waals surface area contributed by atoms with Gasteiger partial charge in [0.05, 0.1) is 0 Å². The van der Waals surface area contributed by atoms with Crippen LogP contribution in [0, 0.1) is 0 Å². The van der Waals surface area contributed by atoms with E-state index in [1.54, 1.807) is 0 Å². The average Bonchev–Trinajstić information content (AvgIpc) is 1.79. The molecule has 0 amide bonds. The molecule has 0 aliphatic rings. The van der Waals surface area contributed by atoms with E-state index < -0.39 is 21.6 Å². The van der Waals surface area contributed by atoms with Crippen molar-refractivity contribution >= 4 is 21.6 Å². The third-order valence-corrected chi connectivity index (χ3v) is 0.175. The van der Waals surface area contributed by atoms with Gasteiger partial charge in [0.2, 0.25) is 0 Å². The van der Waals surface area contributed by atoms with Gasteiger partial charge in [-0.05, 0) is 0 Å². The average molecular weight is 292 g/mol. The van der Waals surface area contributed by atoms with Gasteiger partial charge in [-0.15, -0.1) is 0 Å². The van der Waals surface area contributed by atoms with Crippen LogP contribution in [-0.4, -0.2) is 40.4 Å². The van der Waals surface area contributed by atoms with E-state index in [0.29, 0.717) is 0 Å². The first-order valence-corrected chi connectivity index (χ1v) is 5.82. The number of carboxylic acids is 1. The molecule has 0 aromatic rings. The number of hydrogen-bond donors (Lipinski definition) is 7. The molecular formula is C3H11NaO10P2. The topological polar surface area (TPSA) is 193 Å². The van der Waals surface area contributed by atoms with Gasteiger partial charge in [0.15, 0.2) is 0 Å². The van der Waals surface area contributed by atoms with Crippen molar-refractivity contribution in [2.75, 3.05) is 0 Å². The molecule has 0 rings (SSSR count). The molecular weight excluding hydrogens is 281 g/mol. The van der Waals surface area contributed by atoms with Crippen LogP contribution in [0.25, 0.3) is 0 Å². The van der Waals surface area contributed by atoms with Crippen LogP contribution in [0.15, 0.2) is 12.7 Å². The molecule has 0 unspecified atom stereocenters. The molecule has 0 aromatic heterocycles. The number of aliphatic carboxylic acids is 1. The van der Waals surface area contributed by atoms with Crippen molar-refractivity contribution < 1.29 is 79.4 Å². The van der Waals surface area contributed by atoms with Crippen LogP contribution in [0.2, 0.25) is 0 Å². The predicted molar refractivity (Wildman–Crippen MR) is 47.5 cm³/mol. The Hall–Kier alpha value is 0.430. The summed E-state index contributed by atoms with van der Waals surface area (Å²) in [6.07, 6.45) is 0.833. The summed E-state index contributed by atoms with van der Waals surface area (Å²) in [7, 11) is -9.28. The molecule has 16 heavy (non-hydrogen) atoms. The van der Waals surface area contributed by atoms with Crippen LogP contribution in [0.1, 0.15) is 1.43 Å². The summed E-state index contributed by atoms with van der Waals surface area (Å²) >= 11 is 0. The Balaban J connectivity index is -0.0000000400. The molecule has 0 saturated heterocycles. The molecule has 7 N–H and O–H groups in total. The summed E-state index contributed by atoms with van der Waals surface area (Å²) in [4.78, 5) is 52.4. The van der Waals surface area contributed by atoms with E-state index in [2.05, 4.69) is 6.58 Å². The molecule has 0 atom stereocenters. The third kappa shape index (κ3) is 441. The summed E-state index contributed by atoms with van der Waals surface area (Å²) in [5.74, 6) is -0.981. The van der Waals surface area contributed by atoms with Gasteiger partial charge >= 0.3 is 51.2 Å². The summed E-state index contributed by atoms with van der Waals surface area (Å²) in [6, 6.07) is 0. The molecule has 13 heteroatoms. The predicted octanol–water partition coefficient (Wildman–Crippen LogP) is -4.48. The largest absolute Gasteiger partial charge is 1.00 e. The van der Waals surface area contributed by atoms with Crippen molar-refractivity contribution in [1.82, 2.24) is 0 Å². The molecule has 0 spiro atoms.